The fraction of sp³-hybridized carbons (Fsp3) is 0.300. The molecule has 0 aliphatic heterocycles. The van der Waals surface area contributed by atoms with Crippen molar-refractivity contribution < 1.29 is 28.2 Å². The van der Waals surface area contributed by atoms with Crippen molar-refractivity contribution in [2.45, 2.75) is 33.0 Å². The standard InChI is InChI=1S/C20H21ClFNO5/c1-11(2)27-17-8-5-13(9-18(17)26-4)20(25)28-12(3)19(24)23-16-7-6-14(22)10-15(16)21/h5-12H,1-4H3,(H,23,24). The number of rotatable bonds is 7. The Bertz CT molecular complexity index is 872. The summed E-state index contributed by atoms with van der Waals surface area (Å²) >= 11 is 5.88. The first-order chi connectivity index (χ1) is 13.2. The fourth-order valence-corrected chi connectivity index (χ4v) is 2.47. The monoisotopic (exact) mass is 409 g/mol. The Kier molecular flexibility index (Phi) is 7.23. The maximum absolute atomic E-state index is 13.1. The maximum atomic E-state index is 13.1. The number of benzene rings is 2. The first kappa shape index (κ1) is 21.5. The maximum Gasteiger partial charge on any atom is 0.339 e. The van der Waals surface area contributed by atoms with Crippen LogP contribution in [0.1, 0.15) is 31.1 Å². The van der Waals surface area contributed by atoms with Crippen molar-refractivity contribution in [3.8, 4) is 11.5 Å². The van der Waals surface area contributed by atoms with E-state index in [9.17, 15) is 14.0 Å². The summed E-state index contributed by atoms with van der Waals surface area (Å²) in [5, 5.41) is 2.53. The number of methoxy groups -OCH3 is 1. The molecular formula is C20H21ClFNO5. The zero-order valence-electron chi connectivity index (χ0n) is 15.9. The molecule has 0 saturated carbocycles. The van der Waals surface area contributed by atoms with Gasteiger partial charge in [-0.1, -0.05) is 11.6 Å². The molecule has 0 aliphatic rings. The fourth-order valence-electron chi connectivity index (χ4n) is 2.25. The summed E-state index contributed by atoms with van der Waals surface area (Å²) in [7, 11) is 1.46. The smallest absolute Gasteiger partial charge is 0.339 e. The third-order valence-corrected chi connectivity index (χ3v) is 3.92. The zero-order chi connectivity index (χ0) is 20.8. The lowest BCUT2D eigenvalue weighted by molar-refractivity contribution is -0.123. The second-order valence-corrected chi connectivity index (χ2v) is 6.60. The van der Waals surface area contributed by atoms with Crippen molar-refractivity contribution in [3.05, 3.63) is 52.8 Å². The van der Waals surface area contributed by atoms with Gasteiger partial charge < -0.3 is 19.5 Å². The molecule has 1 unspecified atom stereocenters. The largest absolute Gasteiger partial charge is 0.493 e. The molecule has 8 heteroatoms. The van der Waals surface area contributed by atoms with Gasteiger partial charge >= 0.3 is 5.97 Å². The lowest BCUT2D eigenvalue weighted by Crippen LogP contribution is -2.30. The second-order valence-electron chi connectivity index (χ2n) is 6.19. The Morgan fingerprint density at radius 3 is 2.39 bits per heavy atom. The highest BCUT2D eigenvalue weighted by molar-refractivity contribution is 6.33. The first-order valence-electron chi connectivity index (χ1n) is 8.53. The van der Waals surface area contributed by atoms with Crippen molar-refractivity contribution in [2.24, 2.45) is 0 Å². The van der Waals surface area contributed by atoms with E-state index in [2.05, 4.69) is 5.32 Å². The van der Waals surface area contributed by atoms with E-state index in [1.54, 1.807) is 6.07 Å². The summed E-state index contributed by atoms with van der Waals surface area (Å²) in [6.45, 7) is 5.16. The summed E-state index contributed by atoms with van der Waals surface area (Å²) in [6, 6.07) is 8.14. The molecule has 0 heterocycles. The van der Waals surface area contributed by atoms with E-state index in [-0.39, 0.29) is 22.4 Å². The highest BCUT2D eigenvalue weighted by Gasteiger charge is 2.21. The van der Waals surface area contributed by atoms with Gasteiger partial charge in [-0.3, -0.25) is 4.79 Å². The number of nitrogens with one attached hydrogen (secondary N) is 1. The molecular weight excluding hydrogens is 389 g/mol. The molecule has 2 rings (SSSR count). The van der Waals surface area contributed by atoms with Gasteiger partial charge in [-0.05, 0) is 57.2 Å². The topological polar surface area (TPSA) is 73.9 Å². The van der Waals surface area contributed by atoms with Crippen molar-refractivity contribution in [2.75, 3.05) is 12.4 Å². The second kappa shape index (κ2) is 9.41. The first-order valence-corrected chi connectivity index (χ1v) is 8.90. The summed E-state index contributed by atoms with van der Waals surface area (Å²) < 4.78 is 29.1. The highest BCUT2D eigenvalue weighted by Crippen LogP contribution is 2.29. The number of carbonyl (C=O) groups excluding carboxylic acids is 2. The van der Waals surface area contributed by atoms with Crippen LogP contribution in [-0.2, 0) is 9.53 Å². The van der Waals surface area contributed by atoms with Crippen molar-refractivity contribution in [1.29, 1.82) is 0 Å². The van der Waals surface area contributed by atoms with E-state index in [1.807, 2.05) is 13.8 Å². The number of hydrogen-bond acceptors (Lipinski definition) is 5. The van der Waals surface area contributed by atoms with E-state index in [0.29, 0.717) is 11.5 Å². The van der Waals surface area contributed by atoms with Gasteiger partial charge in [0, 0.05) is 0 Å². The molecule has 0 aliphatic carbocycles. The Labute approximate surface area is 167 Å². The lowest BCUT2D eigenvalue weighted by atomic mass is 10.2. The average molecular weight is 410 g/mol. The van der Waals surface area contributed by atoms with E-state index in [0.717, 1.165) is 12.1 Å². The van der Waals surface area contributed by atoms with Gasteiger partial charge in [0.15, 0.2) is 17.6 Å². The molecule has 6 nitrogen and oxygen atoms in total. The zero-order valence-corrected chi connectivity index (χ0v) is 16.7. The molecule has 0 radical (unpaired) electrons. The third kappa shape index (κ3) is 5.60. The number of esters is 1. The van der Waals surface area contributed by atoms with Gasteiger partial charge in [0.05, 0.1) is 29.5 Å². The van der Waals surface area contributed by atoms with Gasteiger partial charge in [-0.25, -0.2) is 9.18 Å². The Morgan fingerprint density at radius 2 is 1.79 bits per heavy atom. The average Bonchev–Trinajstić information content (AvgIpc) is 2.63. The Morgan fingerprint density at radius 1 is 1.07 bits per heavy atom. The number of hydrogen-bond donors (Lipinski definition) is 1. The molecule has 150 valence electrons. The normalized spacial score (nSPS) is 11.7. The van der Waals surface area contributed by atoms with Crippen LogP contribution < -0.4 is 14.8 Å². The minimum absolute atomic E-state index is 0.0392. The van der Waals surface area contributed by atoms with Crippen LogP contribution in [0.4, 0.5) is 10.1 Å². The summed E-state index contributed by atoms with van der Waals surface area (Å²) in [5.74, 6) is -0.971. The number of carbonyl (C=O) groups is 2. The van der Waals surface area contributed by atoms with Gasteiger partial charge in [0.2, 0.25) is 0 Å². The van der Waals surface area contributed by atoms with Crippen LogP contribution >= 0.6 is 11.6 Å². The highest BCUT2D eigenvalue weighted by atomic mass is 35.5. The minimum Gasteiger partial charge on any atom is -0.493 e. The summed E-state index contributed by atoms with van der Waals surface area (Å²) in [6.07, 6.45) is -1.17. The van der Waals surface area contributed by atoms with Crippen LogP contribution in [0.5, 0.6) is 11.5 Å². The third-order valence-electron chi connectivity index (χ3n) is 3.60. The molecule has 1 amide bonds. The summed E-state index contributed by atoms with van der Waals surface area (Å²) in [5.41, 5.74) is 0.417. The van der Waals surface area contributed by atoms with Crippen molar-refractivity contribution in [3.63, 3.8) is 0 Å². The molecule has 2 aromatic rings. The van der Waals surface area contributed by atoms with Gasteiger partial charge in [-0.2, -0.15) is 0 Å². The molecule has 0 bridgehead atoms. The lowest BCUT2D eigenvalue weighted by Gasteiger charge is -2.16. The predicted molar refractivity (Wildman–Crippen MR) is 104 cm³/mol. The van der Waals surface area contributed by atoms with Gasteiger partial charge in [0.1, 0.15) is 5.82 Å². The van der Waals surface area contributed by atoms with E-state index >= 15 is 0 Å². The minimum atomic E-state index is -1.11. The van der Waals surface area contributed by atoms with Crippen LogP contribution in [-0.4, -0.2) is 31.2 Å². The predicted octanol–water partition coefficient (Wildman–Crippen LogP) is 4.46. The van der Waals surface area contributed by atoms with Gasteiger partial charge in [-0.15, -0.1) is 0 Å². The quantitative estimate of drug-likeness (QED) is 0.683. The molecule has 0 fully saturated rings. The molecule has 0 saturated heterocycles. The van der Waals surface area contributed by atoms with Crippen LogP contribution in [0.3, 0.4) is 0 Å². The van der Waals surface area contributed by atoms with Crippen molar-refractivity contribution >= 4 is 29.2 Å². The van der Waals surface area contributed by atoms with E-state index < -0.39 is 23.8 Å². The van der Waals surface area contributed by atoms with Crippen LogP contribution in [0.15, 0.2) is 36.4 Å². The van der Waals surface area contributed by atoms with Crippen molar-refractivity contribution in [1.82, 2.24) is 0 Å². The number of anilines is 1. The van der Waals surface area contributed by atoms with Gasteiger partial charge in [0.25, 0.3) is 5.91 Å². The van der Waals surface area contributed by atoms with Crippen LogP contribution in [0.2, 0.25) is 5.02 Å². The molecule has 1 N–H and O–H groups in total. The number of halogens is 2. The van der Waals surface area contributed by atoms with E-state index in [1.165, 1.54) is 32.2 Å². The van der Waals surface area contributed by atoms with E-state index in [4.69, 9.17) is 25.8 Å². The Hall–Kier alpha value is -2.80. The van der Waals surface area contributed by atoms with Crippen LogP contribution in [0.25, 0.3) is 0 Å². The van der Waals surface area contributed by atoms with Crippen LogP contribution in [0, 0.1) is 5.82 Å². The SMILES string of the molecule is COc1cc(C(=O)OC(C)C(=O)Nc2ccc(F)cc2Cl)ccc1OC(C)C. The molecule has 2 aromatic carbocycles. The molecule has 0 spiro atoms. The molecule has 28 heavy (non-hydrogen) atoms. The molecule has 1 atom stereocenters. The summed E-state index contributed by atoms with van der Waals surface area (Å²) in [4.78, 5) is 24.6. The number of amides is 1. The Balaban J connectivity index is 2.05. The number of ether oxygens (including phenoxy) is 3. The molecule has 0 aromatic heterocycles.